The maximum Gasteiger partial charge on any atom is 0.116 e. The Balaban J connectivity index is 2.40. The van der Waals surface area contributed by atoms with Crippen LogP contribution in [0.1, 0.15) is 6.42 Å². The van der Waals surface area contributed by atoms with Crippen LogP contribution in [0.4, 0.5) is 5.69 Å². The fraction of sp³-hybridized carbons (Fsp3) is 0.250. The van der Waals surface area contributed by atoms with Crippen molar-refractivity contribution in [3.63, 3.8) is 0 Å². The van der Waals surface area contributed by atoms with Crippen molar-refractivity contribution in [3.05, 3.63) is 15.8 Å². The van der Waals surface area contributed by atoms with Crippen LogP contribution in [0.2, 0.25) is 4.34 Å². The Kier molecular flexibility index (Phi) is 3.28. The molecule has 0 aliphatic heterocycles. The van der Waals surface area contributed by atoms with E-state index >= 15 is 0 Å². The third kappa shape index (κ3) is 2.45. The minimum absolute atomic E-state index is 0.728. The van der Waals surface area contributed by atoms with E-state index < -0.39 is 0 Å². The molecule has 0 aromatic carbocycles. The summed E-state index contributed by atoms with van der Waals surface area (Å²) in [7, 11) is 0. The smallest absolute Gasteiger partial charge is 0.116 e. The van der Waals surface area contributed by atoms with Crippen LogP contribution in [0, 0.1) is 12.3 Å². The lowest BCUT2D eigenvalue weighted by molar-refractivity contribution is 1.10. The molecule has 0 bridgehead atoms. The van der Waals surface area contributed by atoms with Crippen LogP contribution in [0.15, 0.2) is 11.4 Å². The van der Waals surface area contributed by atoms with Crippen LogP contribution in [0.5, 0.6) is 0 Å². The summed E-state index contributed by atoms with van der Waals surface area (Å²) >= 11 is 7.34. The normalized spacial score (nSPS) is 9.09. The number of thiophene rings is 1. The van der Waals surface area contributed by atoms with Gasteiger partial charge in [-0.05, 0) is 11.4 Å². The van der Waals surface area contributed by atoms with Crippen molar-refractivity contribution in [1.82, 2.24) is 0 Å². The number of halogens is 1. The monoisotopic (exact) mass is 185 g/mol. The Hall–Kier alpha value is -0.650. The first-order valence-corrected chi connectivity index (χ1v) is 4.50. The van der Waals surface area contributed by atoms with Crippen molar-refractivity contribution in [1.29, 1.82) is 0 Å². The highest BCUT2D eigenvalue weighted by atomic mass is 35.5. The Morgan fingerprint density at radius 3 is 3.09 bits per heavy atom. The zero-order valence-corrected chi connectivity index (χ0v) is 7.50. The van der Waals surface area contributed by atoms with Gasteiger partial charge >= 0.3 is 0 Å². The van der Waals surface area contributed by atoms with E-state index in [4.69, 9.17) is 18.0 Å². The van der Waals surface area contributed by atoms with Gasteiger partial charge in [0.25, 0.3) is 0 Å². The van der Waals surface area contributed by atoms with Crippen LogP contribution in [0.3, 0.4) is 0 Å². The van der Waals surface area contributed by atoms with Gasteiger partial charge in [-0.25, -0.2) is 0 Å². The van der Waals surface area contributed by atoms with Crippen LogP contribution in [-0.4, -0.2) is 6.54 Å². The van der Waals surface area contributed by atoms with E-state index in [1.54, 1.807) is 0 Å². The highest BCUT2D eigenvalue weighted by molar-refractivity contribution is 7.15. The molecule has 0 saturated carbocycles. The van der Waals surface area contributed by atoms with E-state index in [0.717, 1.165) is 23.0 Å². The molecule has 1 aromatic heterocycles. The lowest BCUT2D eigenvalue weighted by Crippen LogP contribution is -1.98. The molecule has 0 aliphatic carbocycles. The second-order valence-electron chi connectivity index (χ2n) is 1.99. The Labute approximate surface area is 75.4 Å². The zero-order valence-electron chi connectivity index (χ0n) is 5.93. The van der Waals surface area contributed by atoms with Gasteiger partial charge in [-0.15, -0.1) is 23.7 Å². The van der Waals surface area contributed by atoms with E-state index in [1.165, 1.54) is 11.3 Å². The molecule has 0 unspecified atom stereocenters. The molecule has 1 heterocycles. The van der Waals surface area contributed by atoms with Gasteiger partial charge in [-0.3, -0.25) is 0 Å². The van der Waals surface area contributed by atoms with Gasteiger partial charge in [-0.1, -0.05) is 11.6 Å². The maximum atomic E-state index is 5.82. The van der Waals surface area contributed by atoms with Crippen molar-refractivity contribution in [2.45, 2.75) is 6.42 Å². The summed E-state index contributed by atoms with van der Waals surface area (Å²) in [6.45, 7) is 0.785. The second kappa shape index (κ2) is 4.27. The maximum absolute atomic E-state index is 5.82. The Morgan fingerprint density at radius 2 is 2.55 bits per heavy atom. The predicted octanol–water partition coefficient (Wildman–Crippen LogP) is 2.84. The number of nitrogens with one attached hydrogen (secondary N) is 1. The first kappa shape index (κ1) is 8.45. The molecule has 1 N–H and O–H groups in total. The number of hydrogen-bond donors (Lipinski definition) is 1. The van der Waals surface area contributed by atoms with Gasteiger partial charge in [0.2, 0.25) is 0 Å². The van der Waals surface area contributed by atoms with Gasteiger partial charge in [-0.2, -0.15) is 0 Å². The molecule has 0 aliphatic rings. The van der Waals surface area contributed by atoms with Crippen molar-refractivity contribution < 1.29 is 0 Å². The SMILES string of the molecule is C#CCCNc1ccsc1Cl. The first-order chi connectivity index (χ1) is 5.34. The van der Waals surface area contributed by atoms with Gasteiger partial charge in [0.15, 0.2) is 0 Å². The summed E-state index contributed by atoms with van der Waals surface area (Å²) in [6, 6.07) is 1.95. The molecule has 0 atom stereocenters. The number of anilines is 1. The van der Waals surface area contributed by atoms with E-state index in [1.807, 2.05) is 11.4 Å². The van der Waals surface area contributed by atoms with E-state index in [-0.39, 0.29) is 0 Å². The molecule has 1 rings (SSSR count). The van der Waals surface area contributed by atoms with E-state index in [0.29, 0.717) is 0 Å². The highest BCUT2D eigenvalue weighted by Crippen LogP contribution is 2.27. The molecule has 0 spiro atoms. The summed E-state index contributed by atoms with van der Waals surface area (Å²) in [6.07, 6.45) is 5.81. The van der Waals surface area contributed by atoms with E-state index in [9.17, 15) is 0 Å². The minimum atomic E-state index is 0.728. The highest BCUT2D eigenvalue weighted by Gasteiger charge is 1.97. The number of terminal acetylenes is 1. The van der Waals surface area contributed by atoms with Crippen LogP contribution in [0.25, 0.3) is 0 Å². The molecule has 0 fully saturated rings. The fourth-order valence-electron chi connectivity index (χ4n) is 0.689. The standard InChI is InChI=1S/C8H8ClNS/c1-2-3-5-10-7-4-6-11-8(7)9/h1,4,6,10H,3,5H2. The van der Waals surface area contributed by atoms with Gasteiger partial charge in [0.1, 0.15) is 4.34 Å². The molecule has 0 radical (unpaired) electrons. The number of hydrogen-bond acceptors (Lipinski definition) is 2. The minimum Gasteiger partial charge on any atom is -0.382 e. The van der Waals surface area contributed by atoms with Crippen molar-refractivity contribution in [2.24, 2.45) is 0 Å². The molecule has 11 heavy (non-hydrogen) atoms. The fourth-order valence-corrected chi connectivity index (χ4v) is 1.56. The quantitative estimate of drug-likeness (QED) is 0.564. The van der Waals surface area contributed by atoms with Crippen LogP contribution >= 0.6 is 22.9 Å². The van der Waals surface area contributed by atoms with Crippen molar-refractivity contribution in [2.75, 3.05) is 11.9 Å². The van der Waals surface area contributed by atoms with Gasteiger partial charge in [0.05, 0.1) is 5.69 Å². The van der Waals surface area contributed by atoms with Crippen molar-refractivity contribution >= 4 is 28.6 Å². The molecule has 58 valence electrons. The average Bonchev–Trinajstić information content (AvgIpc) is 2.37. The molecular weight excluding hydrogens is 178 g/mol. The van der Waals surface area contributed by atoms with Gasteiger partial charge < -0.3 is 5.32 Å². The molecule has 1 nitrogen and oxygen atoms in total. The molecular formula is C8H8ClNS. The molecule has 3 heteroatoms. The predicted molar refractivity (Wildman–Crippen MR) is 51.3 cm³/mol. The van der Waals surface area contributed by atoms with Gasteiger partial charge in [0, 0.05) is 13.0 Å². The van der Waals surface area contributed by atoms with Crippen LogP contribution < -0.4 is 5.32 Å². The summed E-state index contributed by atoms with van der Waals surface area (Å²) in [5.41, 5.74) is 0.979. The summed E-state index contributed by atoms with van der Waals surface area (Å²) in [5, 5.41) is 5.07. The largest absolute Gasteiger partial charge is 0.382 e. The summed E-state index contributed by atoms with van der Waals surface area (Å²) < 4.78 is 0.794. The second-order valence-corrected chi connectivity index (χ2v) is 3.51. The third-order valence-corrected chi connectivity index (χ3v) is 2.37. The lowest BCUT2D eigenvalue weighted by atomic mass is 10.4. The average molecular weight is 186 g/mol. The molecule has 1 aromatic rings. The number of rotatable bonds is 3. The zero-order chi connectivity index (χ0) is 8.10. The summed E-state index contributed by atoms with van der Waals surface area (Å²) in [5.74, 6) is 2.55. The van der Waals surface area contributed by atoms with E-state index in [2.05, 4.69) is 11.2 Å². The Bertz CT molecular complexity index is 261. The van der Waals surface area contributed by atoms with Crippen LogP contribution in [-0.2, 0) is 0 Å². The Morgan fingerprint density at radius 1 is 1.73 bits per heavy atom. The topological polar surface area (TPSA) is 12.0 Å². The third-order valence-electron chi connectivity index (χ3n) is 1.20. The van der Waals surface area contributed by atoms with Crippen molar-refractivity contribution in [3.8, 4) is 12.3 Å². The molecule has 0 amide bonds. The summed E-state index contributed by atoms with van der Waals surface area (Å²) in [4.78, 5) is 0. The lowest BCUT2D eigenvalue weighted by Gasteiger charge is -1.99. The molecule has 0 saturated heterocycles. The first-order valence-electron chi connectivity index (χ1n) is 3.25.